The second-order valence-electron chi connectivity index (χ2n) is 9.61. The molecule has 8 nitrogen and oxygen atoms in total. The first-order valence-electron chi connectivity index (χ1n) is 11.1. The summed E-state index contributed by atoms with van der Waals surface area (Å²) in [5.74, 6) is -0.877. The van der Waals surface area contributed by atoms with Gasteiger partial charge < -0.3 is 25.1 Å². The molecule has 0 unspecified atom stereocenters. The number of hydrogen-bond donors (Lipinski definition) is 2. The van der Waals surface area contributed by atoms with Gasteiger partial charge in [-0.1, -0.05) is 65.0 Å². The van der Waals surface area contributed by atoms with Crippen LogP contribution in [0.25, 0.3) is 0 Å². The summed E-state index contributed by atoms with van der Waals surface area (Å²) in [6.07, 6.45) is 1.22. The molecule has 1 fully saturated rings. The van der Waals surface area contributed by atoms with E-state index in [0.29, 0.717) is 19.4 Å². The maximum atomic E-state index is 13.3. The van der Waals surface area contributed by atoms with Crippen molar-refractivity contribution in [3.63, 3.8) is 0 Å². The fraction of sp³-hybridized carbons (Fsp3) is 0.583. The van der Waals surface area contributed by atoms with Crippen molar-refractivity contribution >= 4 is 24.2 Å². The van der Waals surface area contributed by atoms with Crippen LogP contribution < -0.4 is 10.6 Å². The number of hydrogen-bond acceptors (Lipinski definition) is 5. The van der Waals surface area contributed by atoms with Crippen LogP contribution in [0.3, 0.4) is 0 Å². The van der Waals surface area contributed by atoms with E-state index in [1.165, 1.54) is 4.90 Å². The maximum Gasteiger partial charge on any atom is 0.408 e. The molecule has 2 rings (SSSR count). The lowest BCUT2D eigenvalue weighted by Crippen LogP contribution is -2.57. The quantitative estimate of drug-likeness (QED) is 0.599. The van der Waals surface area contributed by atoms with E-state index in [4.69, 9.17) is 4.74 Å². The molecule has 1 aromatic rings. The van der Waals surface area contributed by atoms with Crippen molar-refractivity contribution in [1.82, 2.24) is 15.5 Å². The molecule has 2 N–H and O–H groups in total. The number of benzene rings is 1. The van der Waals surface area contributed by atoms with Crippen LogP contribution in [-0.2, 0) is 25.7 Å². The van der Waals surface area contributed by atoms with Gasteiger partial charge in [-0.05, 0) is 29.7 Å². The highest BCUT2D eigenvalue weighted by Gasteiger charge is 2.40. The minimum atomic E-state index is -0.823. The molecule has 3 atom stereocenters. The highest BCUT2D eigenvalue weighted by molar-refractivity contribution is 5.92. The van der Waals surface area contributed by atoms with E-state index < -0.39 is 29.6 Å². The summed E-state index contributed by atoms with van der Waals surface area (Å²) in [6, 6.07) is 7.12. The molecular formula is C24H35N3O5. The summed E-state index contributed by atoms with van der Waals surface area (Å²) in [7, 11) is 0. The molecule has 3 amide bonds. The number of carbonyl (C=O) groups is 4. The molecular weight excluding hydrogens is 410 g/mol. The molecule has 1 aliphatic rings. The Morgan fingerprint density at radius 2 is 1.81 bits per heavy atom. The molecule has 0 spiro atoms. The van der Waals surface area contributed by atoms with Crippen LogP contribution >= 0.6 is 0 Å². The van der Waals surface area contributed by atoms with Crippen LogP contribution in [0.5, 0.6) is 0 Å². The van der Waals surface area contributed by atoms with E-state index in [1.54, 1.807) is 0 Å². The average molecular weight is 446 g/mol. The molecule has 1 aliphatic heterocycles. The van der Waals surface area contributed by atoms with Crippen molar-refractivity contribution in [2.45, 2.75) is 72.2 Å². The number of ether oxygens (including phenoxy) is 1. The van der Waals surface area contributed by atoms with Crippen molar-refractivity contribution in [2.24, 2.45) is 11.3 Å². The fourth-order valence-electron chi connectivity index (χ4n) is 3.59. The van der Waals surface area contributed by atoms with Crippen LogP contribution in [0.4, 0.5) is 4.79 Å². The van der Waals surface area contributed by atoms with Gasteiger partial charge in [0, 0.05) is 6.54 Å². The first-order valence-corrected chi connectivity index (χ1v) is 11.1. The average Bonchev–Trinajstić information content (AvgIpc) is 3.23. The molecule has 1 aromatic carbocycles. The molecule has 32 heavy (non-hydrogen) atoms. The molecule has 176 valence electrons. The van der Waals surface area contributed by atoms with Gasteiger partial charge in [-0.25, -0.2) is 4.79 Å². The van der Waals surface area contributed by atoms with Gasteiger partial charge in [0.15, 0.2) is 0 Å². The largest absolute Gasteiger partial charge is 0.445 e. The Balaban J connectivity index is 2.03. The molecule has 0 saturated carbocycles. The monoisotopic (exact) mass is 445 g/mol. The highest BCUT2D eigenvalue weighted by atomic mass is 16.5. The lowest BCUT2D eigenvalue weighted by Gasteiger charge is -2.32. The minimum absolute atomic E-state index is 0.0975. The Hall–Kier alpha value is -2.90. The van der Waals surface area contributed by atoms with E-state index in [-0.39, 0.29) is 24.3 Å². The number of carbonyl (C=O) groups excluding carboxylic acids is 4. The summed E-state index contributed by atoms with van der Waals surface area (Å²) >= 11 is 0. The van der Waals surface area contributed by atoms with Crippen LogP contribution in [0.15, 0.2) is 30.3 Å². The number of nitrogens with zero attached hydrogens (tertiary/aromatic N) is 1. The van der Waals surface area contributed by atoms with E-state index in [0.717, 1.165) is 11.8 Å². The summed E-state index contributed by atoms with van der Waals surface area (Å²) < 4.78 is 5.26. The van der Waals surface area contributed by atoms with Gasteiger partial charge in [-0.3, -0.25) is 9.59 Å². The second kappa shape index (κ2) is 11.1. The fourth-order valence-corrected chi connectivity index (χ4v) is 3.59. The van der Waals surface area contributed by atoms with Crippen LogP contribution in [-0.4, -0.2) is 53.8 Å². The van der Waals surface area contributed by atoms with Gasteiger partial charge in [0.1, 0.15) is 25.0 Å². The van der Waals surface area contributed by atoms with E-state index in [2.05, 4.69) is 10.6 Å². The topological polar surface area (TPSA) is 105 Å². The van der Waals surface area contributed by atoms with Gasteiger partial charge in [0.05, 0.1) is 6.04 Å². The zero-order valence-electron chi connectivity index (χ0n) is 19.6. The zero-order valence-corrected chi connectivity index (χ0v) is 19.6. The lowest BCUT2D eigenvalue weighted by atomic mass is 9.87. The summed E-state index contributed by atoms with van der Waals surface area (Å²) in [4.78, 5) is 51.4. The number of likely N-dealkylation sites (tertiary alicyclic amines) is 1. The summed E-state index contributed by atoms with van der Waals surface area (Å²) in [5, 5.41) is 5.43. The lowest BCUT2D eigenvalue weighted by molar-refractivity contribution is -0.141. The third-order valence-corrected chi connectivity index (χ3v) is 5.62. The molecule has 0 aliphatic carbocycles. The second-order valence-corrected chi connectivity index (χ2v) is 9.61. The Bertz CT molecular complexity index is 804. The molecule has 0 radical (unpaired) electrons. The van der Waals surface area contributed by atoms with Gasteiger partial charge in [0.25, 0.3) is 0 Å². The normalized spacial score (nSPS) is 18.1. The Morgan fingerprint density at radius 3 is 2.38 bits per heavy atom. The summed E-state index contributed by atoms with van der Waals surface area (Å²) in [6.45, 7) is 9.76. The number of nitrogens with one attached hydrogen (secondary N) is 2. The first kappa shape index (κ1) is 25.4. The Kier molecular flexibility index (Phi) is 8.80. The van der Waals surface area contributed by atoms with E-state index >= 15 is 0 Å². The maximum absolute atomic E-state index is 13.3. The van der Waals surface area contributed by atoms with Crippen molar-refractivity contribution in [3.05, 3.63) is 35.9 Å². The summed E-state index contributed by atoms with van der Waals surface area (Å²) in [5.41, 5.74) is 0.407. The molecule has 0 aromatic heterocycles. The standard InChI is InChI=1S/C24H35N3O5/c1-16(2)20(26-23(31)32-15-17-10-7-6-8-11-17)22(30)27-13-9-12-18(27)21(29)25-19(14-28)24(3,4)5/h6-8,10-11,14,16,18-20H,9,12-13,15H2,1-5H3,(H,25,29)(H,26,31)/t18-,19+,20-/m0/s1. The third kappa shape index (κ3) is 6.80. The highest BCUT2D eigenvalue weighted by Crippen LogP contribution is 2.23. The molecule has 1 heterocycles. The van der Waals surface area contributed by atoms with Crippen LogP contribution in [0.1, 0.15) is 53.0 Å². The number of amides is 3. The molecule has 1 saturated heterocycles. The van der Waals surface area contributed by atoms with Crippen LogP contribution in [0.2, 0.25) is 0 Å². The van der Waals surface area contributed by atoms with Gasteiger partial charge >= 0.3 is 6.09 Å². The van der Waals surface area contributed by atoms with Crippen LogP contribution in [0, 0.1) is 11.3 Å². The predicted octanol–water partition coefficient (Wildman–Crippen LogP) is 2.66. The molecule has 8 heteroatoms. The van der Waals surface area contributed by atoms with E-state index in [1.807, 2.05) is 65.0 Å². The Labute approximate surface area is 190 Å². The van der Waals surface area contributed by atoms with Gasteiger partial charge in [0.2, 0.25) is 11.8 Å². The Morgan fingerprint density at radius 1 is 1.16 bits per heavy atom. The molecule has 0 bridgehead atoms. The van der Waals surface area contributed by atoms with Crippen molar-refractivity contribution < 1.29 is 23.9 Å². The smallest absolute Gasteiger partial charge is 0.408 e. The SMILES string of the molecule is CC(C)[C@H](NC(=O)OCc1ccccc1)C(=O)N1CCC[C@H]1C(=O)N[C@H](C=O)C(C)(C)C. The van der Waals surface area contributed by atoms with Gasteiger partial charge in [-0.2, -0.15) is 0 Å². The van der Waals surface area contributed by atoms with Crippen molar-refractivity contribution in [1.29, 1.82) is 0 Å². The number of alkyl carbamates (subject to hydrolysis) is 1. The van der Waals surface area contributed by atoms with Crippen molar-refractivity contribution in [3.8, 4) is 0 Å². The van der Waals surface area contributed by atoms with Gasteiger partial charge in [-0.15, -0.1) is 0 Å². The minimum Gasteiger partial charge on any atom is -0.445 e. The van der Waals surface area contributed by atoms with E-state index in [9.17, 15) is 19.2 Å². The zero-order chi connectivity index (χ0) is 23.9. The number of aldehydes is 1. The van der Waals surface area contributed by atoms with Crippen molar-refractivity contribution in [2.75, 3.05) is 6.54 Å². The number of rotatable bonds is 8. The predicted molar refractivity (Wildman–Crippen MR) is 121 cm³/mol. The first-order chi connectivity index (χ1) is 15.0. The third-order valence-electron chi connectivity index (χ3n) is 5.62.